The van der Waals surface area contributed by atoms with Gasteiger partial charge in [-0.05, 0) is 37.1 Å². The molecule has 4 aromatic rings. The lowest BCUT2D eigenvalue weighted by molar-refractivity contribution is -0.120. The van der Waals surface area contributed by atoms with Crippen molar-refractivity contribution in [3.8, 4) is 28.7 Å². The van der Waals surface area contributed by atoms with Gasteiger partial charge in [0.1, 0.15) is 5.82 Å². The van der Waals surface area contributed by atoms with Gasteiger partial charge in [-0.1, -0.05) is 30.3 Å². The molecule has 2 aromatic heterocycles. The molecule has 1 aliphatic rings. The maximum atomic E-state index is 13.0. The Morgan fingerprint density at radius 2 is 1.75 bits per heavy atom. The van der Waals surface area contributed by atoms with Gasteiger partial charge in [-0.15, -0.1) is 10.2 Å². The van der Waals surface area contributed by atoms with Gasteiger partial charge in [0.15, 0.2) is 23.1 Å². The van der Waals surface area contributed by atoms with Crippen LogP contribution in [0.4, 0.5) is 11.5 Å². The molecule has 5 rings (SSSR count). The van der Waals surface area contributed by atoms with Crippen molar-refractivity contribution in [1.82, 2.24) is 19.7 Å². The van der Waals surface area contributed by atoms with Crippen LogP contribution in [0, 0.1) is 5.92 Å². The third-order valence-corrected chi connectivity index (χ3v) is 6.32. The van der Waals surface area contributed by atoms with E-state index in [1.807, 2.05) is 59.3 Å². The van der Waals surface area contributed by atoms with Crippen molar-refractivity contribution in [2.24, 2.45) is 5.92 Å². The lowest BCUT2D eigenvalue weighted by Gasteiger charge is -2.32. The van der Waals surface area contributed by atoms with Crippen LogP contribution < -0.4 is 19.7 Å². The minimum Gasteiger partial charge on any atom is -0.493 e. The van der Waals surface area contributed by atoms with Crippen LogP contribution in [0.2, 0.25) is 0 Å². The SMILES string of the molecule is COc1ccc(NC(=O)C2CCCN(c3ccc(-n4ccnc4-c4ccccc4)nn3)C2)cc1OC. The Morgan fingerprint density at radius 1 is 0.972 bits per heavy atom. The normalized spacial score (nSPS) is 15.4. The zero-order chi connectivity index (χ0) is 24.9. The van der Waals surface area contributed by atoms with E-state index in [0.29, 0.717) is 29.5 Å². The average Bonchev–Trinajstić information content (AvgIpc) is 3.44. The third-order valence-electron chi connectivity index (χ3n) is 6.32. The number of hydrogen-bond donors (Lipinski definition) is 1. The van der Waals surface area contributed by atoms with Gasteiger partial charge in [-0.3, -0.25) is 9.36 Å². The predicted octanol–water partition coefficient (Wildman–Crippen LogP) is 4.20. The Kier molecular flexibility index (Phi) is 6.79. The van der Waals surface area contributed by atoms with Crippen molar-refractivity contribution in [3.05, 3.63) is 73.1 Å². The lowest BCUT2D eigenvalue weighted by Crippen LogP contribution is -2.41. The summed E-state index contributed by atoms with van der Waals surface area (Å²) in [6.45, 7) is 1.40. The van der Waals surface area contributed by atoms with E-state index in [1.165, 1.54) is 0 Å². The van der Waals surface area contributed by atoms with E-state index in [-0.39, 0.29) is 11.8 Å². The Balaban J connectivity index is 1.27. The lowest BCUT2D eigenvalue weighted by atomic mass is 9.97. The number of nitrogens with one attached hydrogen (secondary N) is 1. The molecule has 1 atom stereocenters. The maximum absolute atomic E-state index is 13.0. The van der Waals surface area contributed by atoms with Gasteiger partial charge < -0.3 is 19.7 Å². The van der Waals surface area contributed by atoms with Crippen LogP contribution in [0.3, 0.4) is 0 Å². The van der Waals surface area contributed by atoms with Gasteiger partial charge in [0.25, 0.3) is 0 Å². The second-order valence-corrected chi connectivity index (χ2v) is 8.58. The quantitative estimate of drug-likeness (QED) is 0.420. The first-order chi connectivity index (χ1) is 17.7. The fraction of sp³-hybridized carbons (Fsp3) is 0.259. The second kappa shape index (κ2) is 10.5. The molecule has 36 heavy (non-hydrogen) atoms. The highest BCUT2D eigenvalue weighted by Gasteiger charge is 2.27. The molecule has 0 aliphatic carbocycles. The van der Waals surface area contributed by atoms with Crippen LogP contribution in [-0.4, -0.2) is 53.0 Å². The van der Waals surface area contributed by atoms with Gasteiger partial charge in [-0.2, -0.15) is 0 Å². The van der Waals surface area contributed by atoms with Crippen molar-refractivity contribution < 1.29 is 14.3 Å². The fourth-order valence-corrected chi connectivity index (χ4v) is 4.46. The van der Waals surface area contributed by atoms with E-state index in [0.717, 1.165) is 36.6 Å². The largest absolute Gasteiger partial charge is 0.493 e. The number of hydrogen-bond acceptors (Lipinski definition) is 7. The van der Waals surface area contributed by atoms with Crippen LogP contribution in [-0.2, 0) is 4.79 Å². The molecule has 1 amide bonds. The minimum absolute atomic E-state index is 0.0255. The summed E-state index contributed by atoms with van der Waals surface area (Å²) in [6.07, 6.45) is 5.34. The zero-order valence-electron chi connectivity index (χ0n) is 20.3. The fourth-order valence-electron chi connectivity index (χ4n) is 4.46. The summed E-state index contributed by atoms with van der Waals surface area (Å²) >= 11 is 0. The number of nitrogens with zero attached hydrogens (tertiary/aromatic N) is 5. The maximum Gasteiger partial charge on any atom is 0.229 e. The molecule has 0 saturated carbocycles. The predicted molar refractivity (Wildman–Crippen MR) is 138 cm³/mol. The number of aromatic nitrogens is 4. The van der Waals surface area contributed by atoms with Crippen molar-refractivity contribution in [3.63, 3.8) is 0 Å². The summed E-state index contributed by atoms with van der Waals surface area (Å²) in [5, 5.41) is 12.0. The van der Waals surface area contributed by atoms with Crippen molar-refractivity contribution in [2.45, 2.75) is 12.8 Å². The molecule has 0 radical (unpaired) electrons. The molecule has 1 fully saturated rings. The first kappa shape index (κ1) is 23.3. The van der Waals surface area contributed by atoms with E-state index in [1.54, 1.807) is 32.5 Å². The summed E-state index contributed by atoms with van der Waals surface area (Å²) in [4.78, 5) is 19.6. The van der Waals surface area contributed by atoms with E-state index < -0.39 is 0 Å². The number of ether oxygens (including phenoxy) is 2. The number of benzene rings is 2. The Morgan fingerprint density at radius 3 is 2.50 bits per heavy atom. The number of rotatable bonds is 7. The van der Waals surface area contributed by atoms with E-state index in [4.69, 9.17) is 9.47 Å². The molecule has 2 aromatic carbocycles. The van der Waals surface area contributed by atoms with Crippen molar-refractivity contribution in [2.75, 3.05) is 37.5 Å². The number of anilines is 2. The molecule has 0 bridgehead atoms. The summed E-state index contributed by atoms with van der Waals surface area (Å²) < 4.78 is 12.5. The van der Waals surface area contributed by atoms with Crippen molar-refractivity contribution >= 4 is 17.4 Å². The summed E-state index contributed by atoms with van der Waals surface area (Å²) in [5.74, 6) is 3.26. The zero-order valence-corrected chi connectivity index (χ0v) is 20.3. The topological polar surface area (TPSA) is 94.4 Å². The molecule has 0 spiro atoms. The number of imidazole rings is 1. The first-order valence-corrected chi connectivity index (χ1v) is 11.9. The number of carbonyl (C=O) groups is 1. The molecule has 1 N–H and O–H groups in total. The smallest absolute Gasteiger partial charge is 0.229 e. The van der Waals surface area contributed by atoms with Crippen LogP contribution in [0.15, 0.2) is 73.1 Å². The van der Waals surface area contributed by atoms with E-state index >= 15 is 0 Å². The third kappa shape index (κ3) is 4.86. The molecule has 9 nitrogen and oxygen atoms in total. The highest BCUT2D eigenvalue weighted by Crippen LogP contribution is 2.30. The number of methoxy groups -OCH3 is 2. The van der Waals surface area contributed by atoms with Gasteiger partial charge in [0.05, 0.1) is 20.1 Å². The van der Waals surface area contributed by atoms with Gasteiger partial charge in [0, 0.05) is 42.8 Å². The van der Waals surface area contributed by atoms with Crippen LogP contribution in [0.1, 0.15) is 12.8 Å². The molecule has 9 heteroatoms. The van der Waals surface area contributed by atoms with Crippen LogP contribution >= 0.6 is 0 Å². The molecule has 1 saturated heterocycles. The molecular weight excluding hydrogens is 456 g/mol. The average molecular weight is 485 g/mol. The Hall–Kier alpha value is -4.40. The number of carbonyl (C=O) groups excluding carboxylic acids is 1. The summed E-state index contributed by atoms with van der Waals surface area (Å²) in [6, 6.07) is 19.2. The van der Waals surface area contributed by atoms with Gasteiger partial charge in [0.2, 0.25) is 5.91 Å². The number of amides is 1. The molecule has 3 heterocycles. The van der Waals surface area contributed by atoms with E-state index in [2.05, 4.69) is 25.4 Å². The summed E-state index contributed by atoms with van der Waals surface area (Å²) in [5.41, 5.74) is 1.68. The Bertz CT molecular complexity index is 1320. The first-order valence-electron chi connectivity index (χ1n) is 11.9. The Labute approximate surface area is 209 Å². The minimum atomic E-state index is -0.161. The molecular formula is C27H28N6O3. The monoisotopic (exact) mass is 484 g/mol. The second-order valence-electron chi connectivity index (χ2n) is 8.58. The summed E-state index contributed by atoms with van der Waals surface area (Å²) in [7, 11) is 3.16. The van der Waals surface area contributed by atoms with Crippen LogP contribution in [0.25, 0.3) is 17.2 Å². The molecule has 1 aliphatic heterocycles. The van der Waals surface area contributed by atoms with Gasteiger partial charge >= 0.3 is 0 Å². The highest BCUT2D eigenvalue weighted by molar-refractivity contribution is 5.93. The van der Waals surface area contributed by atoms with E-state index in [9.17, 15) is 4.79 Å². The van der Waals surface area contributed by atoms with Gasteiger partial charge in [-0.25, -0.2) is 4.98 Å². The number of piperidine rings is 1. The van der Waals surface area contributed by atoms with Crippen molar-refractivity contribution in [1.29, 1.82) is 0 Å². The highest BCUT2D eigenvalue weighted by atomic mass is 16.5. The molecule has 184 valence electrons. The van der Waals surface area contributed by atoms with Crippen LogP contribution in [0.5, 0.6) is 11.5 Å². The molecule has 1 unspecified atom stereocenters. The standard InChI is InChI=1S/C27H28N6O3/c1-35-22-11-10-21(17-23(22)36-2)29-27(34)20-9-6-15-32(18-20)24-12-13-25(31-30-24)33-16-14-28-26(33)19-7-4-3-5-8-19/h3-5,7-8,10-14,16-17,20H,6,9,15,18H2,1-2H3,(H,29,34).